The molecule has 37 heavy (non-hydrogen) atoms. The van der Waals surface area contributed by atoms with E-state index in [0.717, 1.165) is 40.7 Å². The molecule has 0 saturated carbocycles. The van der Waals surface area contributed by atoms with E-state index in [-0.39, 0.29) is 5.91 Å². The average molecular weight is 519 g/mol. The number of piperidine rings is 1. The van der Waals surface area contributed by atoms with Crippen molar-refractivity contribution in [2.75, 3.05) is 25.5 Å². The molecule has 1 fully saturated rings. The van der Waals surface area contributed by atoms with E-state index in [1.165, 1.54) is 12.4 Å². The molecular formula is C27H27ClN6O3. The molecule has 1 aliphatic rings. The van der Waals surface area contributed by atoms with Crippen LogP contribution in [0.1, 0.15) is 29.9 Å². The summed E-state index contributed by atoms with van der Waals surface area (Å²) in [5.74, 6) is 2.19. The molecule has 9 nitrogen and oxygen atoms in total. The first-order chi connectivity index (χ1) is 18.1. The van der Waals surface area contributed by atoms with Gasteiger partial charge in [0, 0.05) is 36.7 Å². The number of likely N-dealkylation sites (tertiary alicyclic amines) is 1. The summed E-state index contributed by atoms with van der Waals surface area (Å²) in [4.78, 5) is 30.1. The largest absolute Gasteiger partial charge is 0.495 e. The number of benzene rings is 1. The number of amides is 1. The smallest absolute Gasteiger partial charge is 0.245 e. The van der Waals surface area contributed by atoms with Crippen LogP contribution in [0.15, 0.2) is 61.8 Å². The van der Waals surface area contributed by atoms with E-state index in [9.17, 15) is 4.79 Å². The van der Waals surface area contributed by atoms with Crippen LogP contribution in [0.5, 0.6) is 11.5 Å². The van der Waals surface area contributed by atoms with Gasteiger partial charge in [0.15, 0.2) is 0 Å². The third kappa shape index (κ3) is 5.36. The van der Waals surface area contributed by atoms with E-state index in [0.29, 0.717) is 48.0 Å². The summed E-state index contributed by atoms with van der Waals surface area (Å²) in [6, 6.07) is 7.39. The predicted molar refractivity (Wildman–Crippen MR) is 142 cm³/mol. The van der Waals surface area contributed by atoms with Gasteiger partial charge in [-0.15, -0.1) is 0 Å². The van der Waals surface area contributed by atoms with Gasteiger partial charge in [0.05, 0.1) is 23.7 Å². The number of hydrogen-bond donors (Lipinski definition) is 2. The van der Waals surface area contributed by atoms with Gasteiger partial charge in [-0.2, -0.15) is 0 Å². The lowest BCUT2D eigenvalue weighted by Gasteiger charge is -2.31. The molecule has 10 heteroatoms. The van der Waals surface area contributed by atoms with E-state index in [1.807, 2.05) is 29.3 Å². The van der Waals surface area contributed by atoms with E-state index in [1.54, 1.807) is 25.6 Å². The minimum absolute atomic E-state index is 0.0208. The summed E-state index contributed by atoms with van der Waals surface area (Å²) in [7, 11) is 1.60. The molecule has 0 atom stereocenters. The monoisotopic (exact) mass is 518 g/mol. The fourth-order valence-electron chi connectivity index (χ4n) is 4.59. The number of nitrogens with zero attached hydrogens (tertiary/aromatic N) is 4. The summed E-state index contributed by atoms with van der Waals surface area (Å²) < 4.78 is 11.1. The second kappa shape index (κ2) is 10.9. The molecule has 4 heterocycles. The van der Waals surface area contributed by atoms with Gasteiger partial charge in [-0.1, -0.05) is 18.2 Å². The number of hydrogen-bond acceptors (Lipinski definition) is 7. The second-order valence-electron chi connectivity index (χ2n) is 8.79. The zero-order valence-electron chi connectivity index (χ0n) is 20.4. The molecule has 190 valence electrons. The highest BCUT2D eigenvalue weighted by Crippen LogP contribution is 2.37. The number of pyridine rings is 1. The number of fused-ring (bicyclic) bond motifs is 1. The third-order valence-electron chi connectivity index (χ3n) is 6.52. The Kier molecular flexibility index (Phi) is 7.23. The molecule has 1 saturated heterocycles. The number of anilines is 2. The molecule has 0 aliphatic carbocycles. The number of aromatic amines is 1. The molecule has 1 aliphatic heterocycles. The van der Waals surface area contributed by atoms with E-state index < -0.39 is 0 Å². The number of methoxy groups -OCH3 is 1. The first kappa shape index (κ1) is 24.6. The standard InChI is InChI=1S/C27H27ClN6O3/c1-3-24(35)34-8-6-18(7-9-34)21-14-30-26-25(21)27(32-16-31-26)33-19-4-5-23(22(28)11-19)37-15-17-10-20(36-2)13-29-12-17/h3-5,10-14,16,18H,1,6-9,15H2,2H3,(H2,30,31,32,33). The van der Waals surface area contributed by atoms with Crippen molar-refractivity contribution >= 4 is 40.0 Å². The maximum Gasteiger partial charge on any atom is 0.245 e. The van der Waals surface area contributed by atoms with Gasteiger partial charge in [-0.25, -0.2) is 9.97 Å². The van der Waals surface area contributed by atoms with Crippen molar-refractivity contribution in [3.63, 3.8) is 0 Å². The van der Waals surface area contributed by atoms with Crippen molar-refractivity contribution in [2.24, 2.45) is 0 Å². The minimum Gasteiger partial charge on any atom is -0.495 e. The van der Waals surface area contributed by atoms with Crippen molar-refractivity contribution in [1.82, 2.24) is 24.8 Å². The summed E-state index contributed by atoms with van der Waals surface area (Å²) in [6.07, 6.45) is 9.99. The molecule has 0 spiro atoms. The van der Waals surface area contributed by atoms with Gasteiger partial charge in [-0.05, 0) is 54.7 Å². The van der Waals surface area contributed by atoms with Crippen molar-refractivity contribution in [1.29, 1.82) is 0 Å². The maximum absolute atomic E-state index is 12.0. The molecule has 0 bridgehead atoms. The first-order valence-electron chi connectivity index (χ1n) is 12.0. The van der Waals surface area contributed by atoms with E-state index in [4.69, 9.17) is 21.1 Å². The summed E-state index contributed by atoms with van der Waals surface area (Å²) in [5, 5.41) is 4.80. The number of carbonyl (C=O) groups excluding carboxylic acids is 1. The first-order valence-corrected chi connectivity index (χ1v) is 12.3. The highest BCUT2D eigenvalue weighted by atomic mass is 35.5. The number of aromatic nitrogens is 4. The zero-order chi connectivity index (χ0) is 25.8. The van der Waals surface area contributed by atoms with Crippen LogP contribution in [-0.4, -0.2) is 50.9 Å². The van der Waals surface area contributed by atoms with Crippen LogP contribution in [0.3, 0.4) is 0 Å². The molecule has 1 aromatic carbocycles. The molecule has 1 amide bonds. The topological polar surface area (TPSA) is 105 Å². The van der Waals surface area contributed by atoms with Crippen molar-refractivity contribution in [3.05, 3.63) is 78.0 Å². The number of rotatable bonds is 8. The van der Waals surface area contributed by atoms with Crippen molar-refractivity contribution in [2.45, 2.75) is 25.4 Å². The van der Waals surface area contributed by atoms with Gasteiger partial charge < -0.3 is 24.7 Å². The molecular weight excluding hydrogens is 492 g/mol. The number of halogens is 1. The normalized spacial score (nSPS) is 13.9. The summed E-state index contributed by atoms with van der Waals surface area (Å²) in [5.41, 5.74) is 3.55. The van der Waals surface area contributed by atoms with Crippen LogP contribution in [0, 0.1) is 0 Å². The Morgan fingerprint density at radius 2 is 2.11 bits per heavy atom. The number of H-pyrrole nitrogens is 1. The Hall–Kier alpha value is -4.11. The Balaban J connectivity index is 1.31. The average Bonchev–Trinajstić information content (AvgIpc) is 3.38. The predicted octanol–water partition coefficient (Wildman–Crippen LogP) is 5.23. The summed E-state index contributed by atoms with van der Waals surface area (Å²) >= 11 is 6.54. The van der Waals surface area contributed by atoms with Gasteiger partial charge in [-0.3, -0.25) is 9.78 Å². The molecule has 3 aromatic heterocycles. The number of nitrogens with one attached hydrogen (secondary N) is 2. The fraction of sp³-hybridized carbons (Fsp3) is 0.259. The van der Waals surface area contributed by atoms with Crippen LogP contribution in [0.2, 0.25) is 5.02 Å². The fourth-order valence-corrected chi connectivity index (χ4v) is 4.83. The number of carbonyl (C=O) groups is 1. The van der Waals surface area contributed by atoms with Gasteiger partial charge in [0.2, 0.25) is 5.91 Å². The Morgan fingerprint density at radius 1 is 1.27 bits per heavy atom. The molecule has 0 radical (unpaired) electrons. The van der Waals surface area contributed by atoms with Crippen molar-refractivity contribution < 1.29 is 14.3 Å². The lowest BCUT2D eigenvalue weighted by Crippen LogP contribution is -2.36. The highest BCUT2D eigenvalue weighted by Gasteiger charge is 2.26. The van der Waals surface area contributed by atoms with Crippen LogP contribution in [-0.2, 0) is 11.4 Å². The van der Waals surface area contributed by atoms with Gasteiger partial charge >= 0.3 is 0 Å². The third-order valence-corrected chi connectivity index (χ3v) is 6.81. The lowest BCUT2D eigenvalue weighted by molar-refractivity contribution is -0.127. The summed E-state index contributed by atoms with van der Waals surface area (Å²) in [6.45, 7) is 5.30. The maximum atomic E-state index is 12.0. The van der Waals surface area contributed by atoms with Crippen LogP contribution >= 0.6 is 11.6 Å². The number of ether oxygens (including phenoxy) is 2. The van der Waals surface area contributed by atoms with Crippen LogP contribution in [0.4, 0.5) is 11.5 Å². The molecule has 0 unspecified atom stereocenters. The minimum atomic E-state index is -0.0208. The lowest BCUT2D eigenvalue weighted by atomic mass is 9.89. The molecule has 5 rings (SSSR count). The highest BCUT2D eigenvalue weighted by molar-refractivity contribution is 6.32. The Bertz CT molecular complexity index is 1430. The van der Waals surface area contributed by atoms with E-state index >= 15 is 0 Å². The molecule has 4 aromatic rings. The van der Waals surface area contributed by atoms with Crippen LogP contribution in [0.25, 0.3) is 11.0 Å². The molecule has 2 N–H and O–H groups in total. The SMILES string of the molecule is C=CC(=O)N1CCC(c2c[nH]c3ncnc(Nc4ccc(OCc5cncc(OC)c5)c(Cl)c4)c23)CC1. The van der Waals surface area contributed by atoms with E-state index in [2.05, 4.69) is 31.8 Å². The second-order valence-corrected chi connectivity index (χ2v) is 9.19. The quantitative estimate of drug-likeness (QED) is 0.308. The Labute approximate surface area is 219 Å². The van der Waals surface area contributed by atoms with Crippen molar-refractivity contribution in [3.8, 4) is 11.5 Å². The Morgan fingerprint density at radius 3 is 2.86 bits per heavy atom. The van der Waals surface area contributed by atoms with Gasteiger partial charge in [0.1, 0.15) is 35.9 Å². The van der Waals surface area contributed by atoms with Crippen LogP contribution < -0.4 is 14.8 Å². The zero-order valence-corrected chi connectivity index (χ0v) is 21.2. The van der Waals surface area contributed by atoms with Gasteiger partial charge in [0.25, 0.3) is 0 Å².